The number of hydrogen-bond donors (Lipinski definition) is 0. The summed E-state index contributed by atoms with van der Waals surface area (Å²) in [7, 11) is 0. The van der Waals surface area contributed by atoms with Crippen molar-refractivity contribution in [1.82, 2.24) is 0 Å². The molecule has 0 bridgehead atoms. The molecule has 3 atom stereocenters. The molecule has 0 spiro atoms. The van der Waals surface area contributed by atoms with Gasteiger partial charge in [0.2, 0.25) is 0 Å². The number of hydrogen-bond acceptors (Lipinski definition) is 5. The van der Waals surface area contributed by atoms with Gasteiger partial charge < -0.3 is 9.47 Å². The van der Waals surface area contributed by atoms with Gasteiger partial charge in [0.15, 0.2) is 11.2 Å². The predicted octanol–water partition coefficient (Wildman–Crippen LogP) is 3.79. The van der Waals surface area contributed by atoms with E-state index in [-0.39, 0.29) is 12.4 Å². The molecule has 1 heterocycles. The highest BCUT2D eigenvalue weighted by molar-refractivity contribution is 6.30. The number of benzene rings is 2. The van der Waals surface area contributed by atoms with Crippen LogP contribution >= 0.6 is 11.6 Å². The van der Waals surface area contributed by atoms with Crippen molar-refractivity contribution in [3.63, 3.8) is 0 Å². The molecule has 5 nitrogen and oxygen atoms in total. The second-order valence-corrected chi connectivity index (χ2v) is 7.36. The van der Waals surface area contributed by atoms with Gasteiger partial charge in [-0.15, -0.1) is 0 Å². The lowest BCUT2D eigenvalue weighted by Crippen LogP contribution is -2.40. The number of ether oxygens (including phenoxy) is 2. The van der Waals surface area contributed by atoms with Crippen LogP contribution < -0.4 is 4.74 Å². The highest BCUT2D eigenvalue weighted by Crippen LogP contribution is 2.78. The normalized spacial score (nSPS) is 27.8. The lowest BCUT2D eigenvalue weighted by Gasteiger charge is -2.22. The molecule has 0 amide bonds. The molecule has 1 aliphatic heterocycles. The van der Waals surface area contributed by atoms with Crippen molar-refractivity contribution in [2.75, 3.05) is 6.61 Å². The van der Waals surface area contributed by atoms with Crippen LogP contribution in [0.1, 0.15) is 35.7 Å². The molecule has 0 saturated heterocycles. The van der Waals surface area contributed by atoms with Gasteiger partial charge in [0, 0.05) is 22.1 Å². The quantitative estimate of drug-likeness (QED) is 0.347. The number of Topliss-reactive ketones (excluding diaryl/α,β-unsaturated/α-hetero) is 1. The smallest absolute Gasteiger partial charge is 0.330 e. The molecule has 0 aromatic heterocycles. The van der Waals surface area contributed by atoms with Crippen molar-refractivity contribution >= 4 is 29.3 Å². The Labute approximate surface area is 161 Å². The maximum Gasteiger partial charge on any atom is 0.330 e. The van der Waals surface area contributed by atoms with Gasteiger partial charge >= 0.3 is 11.9 Å². The number of rotatable bonds is 4. The summed E-state index contributed by atoms with van der Waals surface area (Å²) < 4.78 is 10.6. The highest BCUT2D eigenvalue weighted by atomic mass is 35.5. The molecular weight excluding hydrogens is 368 g/mol. The van der Waals surface area contributed by atoms with Crippen LogP contribution in [-0.2, 0) is 14.3 Å². The van der Waals surface area contributed by atoms with E-state index < -0.39 is 28.7 Å². The molecule has 0 N–H and O–H groups in total. The number of ketones is 1. The van der Waals surface area contributed by atoms with Crippen molar-refractivity contribution < 1.29 is 23.9 Å². The van der Waals surface area contributed by atoms with Crippen molar-refractivity contribution in [2.24, 2.45) is 10.8 Å². The molecule has 27 heavy (non-hydrogen) atoms. The van der Waals surface area contributed by atoms with E-state index in [1.165, 1.54) is 0 Å². The number of halogens is 1. The third-order valence-electron chi connectivity index (χ3n) is 5.68. The van der Waals surface area contributed by atoms with Crippen LogP contribution in [0.2, 0.25) is 5.02 Å². The van der Waals surface area contributed by atoms with Crippen molar-refractivity contribution in [2.45, 2.75) is 19.8 Å². The first-order chi connectivity index (χ1) is 12.9. The zero-order chi connectivity index (χ0) is 19.4. The van der Waals surface area contributed by atoms with E-state index in [0.29, 0.717) is 21.9 Å². The summed E-state index contributed by atoms with van der Waals surface area (Å²) in [4.78, 5) is 39.3. The Bertz CT molecular complexity index is 967. The fraction of sp³-hybridized carbons (Fsp3) is 0.286. The van der Waals surface area contributed by atoms with E-state index >= 15 is 0 Å². The number of fused-ring (bicyclic) bond motifs is 3. The van der Waals surface area contributed by atoms with E-state index in [9.17, 15) is 14.4 Å². The summed E-state index contributed by atoms with van der Waals surface area (Å²) in [5.41, 5.74) is -1.93. The van der Waals surface area contributed by atoms with Crippen LogP contribution in [0.4, 0.5) is 0 Å². The van der Waals surface area contributed by atoms with E-state index in [4.69, 9.17) is 21.1 Å². The van der Waals surface area contributed by atoms with Gasteiger partial charge in [0.1, 0.15) is 5.75 Å². The van der Waals surface area contributed by atoms with E-state index in [1.807, 2.05) is 0 Å². The second kappa shape index (κ2) is 5.92. The second-order valence-electron chi connectivity index (χ2n) is 6.93. The minimum Gasteiger partial charge on any atom is -0.465 e. The Morgan fingerprint density at radius 2 is 1.81 bits per heavy atom. The number of carbonyl (C=O) groups is 3. The summed E-state index contributed by atoms with van der Waals surface area (Å²) in [6.07, 6.45) is 0. The number of carbonyl (C=O) groups excluding carboxylic acids is 3. The molecular formula is C21H17ClO5. The summed E-state index contributed by atoms with van der Waals surface area (Å²) >= 11 is 5.92. The Hall–Kier alpha value is -2.66. The molecule has 138 valence electrons. The molecule has 1 fully saturated rings. The highest BCUT2D eigenvalue weighted by Gasteiger charge is 2.89. The maximum absolute atomic E-state index is 13.4. The van der Waals surface area contributed by atoms with Crippen LogP contribution in [0.15, 0.2) is 48.5 Å². The predicted molar refractivity (Wildman–Crippen MR) is 97.8 cm³/mol. The first-order valence-corrected chi connectivity index (χ1v) is 9.05. The number of esters is 2. The summed E-state index contributed by atoms with van der Waals surface area (Å²) in [6.45, 7) is 3.40. The van der Waals surface area contributed by atoms with Gasteiger partial charge in [-0.2, -0.15) is 0 Å². The lowest BCUT2D eigenvalue weighted by molar-refractivity contribution is -0.162. The minimum atomic E-state index is -1.67. The fourth-order valence-corrected chi connectivity index (χ4v) is 4.48. The molecule has 2 aromatic carbocycles. The monoisotopic (exact) mass is 384 g/mol. The van der Waals surface area contributed by atoms with E-state index in [2.05, 4.69) is 0 Å². The lowest BCUT2D eigenvalue weighted by atomic mass is 9.87. The molecule has 3 unspecified atom stereocenters. The summed E-state index contributed by atoms with van der Waals surface area (Å²) in [6, 6.07) is 13.4. The summed E-state index contributed by atoms with van der Waals surface area (Å²) in [5, 5.41) is 0.495. The van der Waals surface area contributed by atoms with Crippen LogP contribution in [0.25, 0.3) is 0 Å². The van der Waals surface area contributed by atoms with Gasteiger partial charge in [-0.05, 0) is 44.2 Å². The largest absolute Gasteiger partial charge is 0.465 e. The van der Waals surface area contributed by atoms with Crippen LogP contribution in [0.3, 0.4) is 0 Å². The zero-order valence-electron chi connectivity index (χ0n) is 14.8. The average molecular weight is 385 g/mol. The Morgan fingerprint density at radius 1 is 1.15 bits per heavy atom. The molecule has 1 aliphatic carbocycles. The SMILES string of the molecule is CCOC(=O)C12C(=O)Oc3ccccc3C1C2(C)C(=O)c1ccc(Cl)cc1. The van der Waals surface area contributed by atoms with Crippen molar-refractivity contribution in [1.29, 1.82) is 0 Å². The Kier molecular flexibility index (Phi) is 3.89. The van der Waals surface area contributed by atoms with Crippen LogP contribution in [-0.4, -0.2) is 24.3 Å². The van der Waals surface area contributed by atoms with Gasteiger partial charge in [0.25, 0.3) is 0 Å². The van der Waals surface area contributed by atoms with Gasteiger partial charge in [0.05, 0.1) is 12.0 Å². The third-order valence-corrected chi connectivity index (χ3v) is 5.93. The molecule has 4 rings (SSSR count). The van der Waals surface area contributed by atoms with Gasteiger partial charge in [-0.3, -0.25) is 14.4 Å². The van der Waals surface area contributed by atoms with Crippen LogP contribution in [0.5, 0.6) is 5.75 Å². The molecule has 2 aromatic rings. The first-order valence-electron chi connectivity index (χ1n) is 8.67. The van der Waals surface area contributed by atoms with Crippen molar-refractivity contribution in [3.8, 4) is 5.75 Å². The molecule has 0 radical (unpaired) electrons. The van der Waals surface area contributed by atoms with Gasteiger partial charge in [-0.25, -0.2) is 0 Å². The Balaban J connectivity index is 1.88. The van der Waals surface area contributed by atoms with E-state index in [0.717, 1.165) is 0 Å². The van der Waals surface area contributed by atoms with Crippen molar-refractivity contribution in [3.05, 3.63) is 64.7 Å². The topological polar surface area (TPSA) is 69.7 Å². The fourth-order valence-electron chi connectivity index (χ4n) is 4.35. The summed E-state index contributed by atoms with van der Waals surface area (Å²) in [5.74, 6) is -2.04. The molecule has 2 aliphatic rings. The standard InChI is InChI=1S/C21H17ClO5/c1-3-26-18(24)21-16(14-6-4-5-7-15(14)27-19(21)25)20(21,2)17(23)12-8-10-13(22)11-9-12/h4-11,16H,3H2,1-2H3. The van der Waals surface area contributed by atoms with Crippen LogP contribution in [0, 0.1) is 10.8 Å². The number of para-hydroxylation sites is 1. The molecule has 6 heteroatoms. The van der Waals surface area contributed by atoms with Gasteiger partial charge in [-0.1, -0.05) is 29.8 Å². The zero-order valence-corrected chi connectivity index (χ0v) is 15.6. The maximum atomic E-state index is 13.4. The third kappa shape index (κ3) is 2.15. The minimum absolute atomic E-state index is 0.105. The molecule has 1 saturated carbocycles. The first kappa shape index (κ1) is 17.7. The Morgan fingerprint density at radius 3 is 2.48 bits per heavy atom. The van der Waals surface area contributed by atoms with E-state index in [1.54, 1.807) is 62.4 Å². The average Bonchev–Trinajstić information content (AvgIpc) is 3.26.